The zero-order chi connectivity index (χ0) is 13.1. The van der Waals surface area contributed by atoms with Gasteiger partial charge in [-0.2, -0.15) is 0 Å². The Kier molecular flexibility index (Phi) is 4.98. The number of nitrogens with one attached hydrogen (secondary N) is 1. The highest BCUT2D eigenvalue weighted by Crippen LogP contribution is 2.31. The van der Waals surface area contributed by atoms with Gasteiger partial charge in [-0.1, -0.05) is 36.7 Å². The normalized spacial score (nSPS) is 13.7. The van der Waals surface area contributed by atoms with E-state index in [1.165, 1.54) is 0 Å². The van der Waals surface area contributed by atoms with Crippen LogP contribution in [0, 0.1) is 5.41 Å². The number of hydrazine groups is 1. The van der Waals surface area contributed by atoms with Gasteiger partial charge in [0.25, 0.3) is 0 Å². The number of halogens is 1. The molecule has 0 heterocycles. The number of hydrogen-bond acceptors (Lipinski definition) is 3. The van der Waals surface area contributed by atoms with Crippen LogP contribution in [0.1, 0.15) is 45.2 Å². The van der Waals surface area contributed by atoms with Crippen molar-refractivity contribution in [3.63, 3.8) is 0 Å². The molecule has 96 valence electrons. The third-order valence-corrected chi connectivity index (χ3v) is 3.30. The van der Waals surface area contributed by atoms with Gasteiger partial charge in [-0.25, -0.2) is 0 Å². The molecule has 0 aliphatic heterocycles. The van der Waals surface area contributed by atoms with Crippen LogP contribution in [0.4, 0.5) is 5.69 Å². The molecule has 0 aliphatic carbocycles. The molecule has 1 atom stereocenters. The van der Waals surface area contributed by atoms with Crippen LogP contribution < -0.4 is 17.0 Å². The van der Waals surface area contributed by atoms with E-state index >= 15 is 0 Å². The highest BCUT2D eigenvalue weighted by atomic mass is 79.9. The van der Waals surface area contributed by atoms with Crippen LogP contribution in [0.15, 0.2) is 22.7 Å². The lowest BCUT2D eigenvalue weighted by atomic mass is 9.87. The molecule has 0 fully saturated rings. The third kappa shape index (κ3) is 4.66. The Labute approximate surface area is 112 Å². The van der Waals surface area contributed by atoms with E-state index in [1.807, 2.05) is 18.2 Å². The van der Waals surface area contributed by atoms with E-state index in [2.05, 4.69) is 42.1 Å². The van der Waals surface area contributed by atoms with E-state index in [1.54, 1.807) is 0 Å². The maximum atomic E-state index is 5.99. The summed E-state index contributed by atoms with van der Waals surface area (Å²) in [6.07, 6.45) is 2.06. The molecule has 0 aliphatic rings. The number of rotatable bonds is 4. The summed E-state index contributed by atoms with van der Waals surface area (Å²) in [7, 11) is 0. The second-order valence-electron chi connectivity index (χ2n) is 5.59. The summed E-state index contributed by atoms with van der Waals surface area (Å²) >= 11 is 3.46. The Morgan fingerprint density at radius 2 is 2.00 bits per heavy atom. The molecule has 1 unspecified atom stereocenters. The van der Waals surface area contributed by atoms with Gasteiger partial charge in [0.1, 0.15) is 0 Å². The van der Waals surface area contributed by atoms with Crippen LogP contribution in [-0.4, -0.2) is 0 Å². The fourth-order valence-electron chi connectivity index (χ4n) is 1.75. The number of nitrogens with two attached hydrogens (primary N) is 2. The molecule has 0 aromatic heterocycles. The van der Waals surface area contributed by atoms with Crippen molar-refractivity contribution in [3.8, 4) is 0 Å². The smallest absolute Gasteiger partial charge is 0.0480 e. The first-order valence-corrected chi connectivity index (χ1v) is 6.64. The molecule has 1 aromatic carbocycles. The van der Waals surface area contributed by atoms with Crippen LogP contribution in [0.2, 0.25) is 0 Å². The fraction of sp³-hybridized carbons (Fsp3) is 0.538. The first-order valence-electron chi connectivity index (χ1n) is 5.84. The highest BCUT2D eigenvalue weighted by Gasteiger charge is 2.17. The van der Waals surface area contributed by atoms with Crippen LogP contribution >= 0.6 is 15.9 Å². The molecular formula is C13H22BrN3. The van der Waals surface area contributed by atoms with Crippen LogP contribution in [0.25, 0.3) is 0 Å². The summed E-state index contributed by atoms with van der Waals surface area (Å²) in [5.41, 5.74) is 11.0. The molecule has 0 radical (unpaired) electrons. The molecule has 5 N–H and O–H groups in total. The van der Waals surface area contributed by atoms with Gasteiger partial charge >= 0.3 is 0 Å². The molecular weight excluding hydrogens is 278 g/mol. The summed E-state index contributed by atoms with van der Waals surface area (Å²) in [6.45, 7) is 6.68. The molecule has 3 nitrogen and oxygen atoms in total. The molecule has 0 bridgehead atoms. The summed E-state index contributed by atoms with van der Waals surface area (Å²) in [4.78, 5) is 0. The summed E-state index contributed by atoms with van der Waals surface area (Å²) < 4.78 is 1.03. The minimum absolute atomic E-state index is 0.103. The SMILES string of the molecule is CC(C)(C)CCC(NN)c1cc(Br)ccc1N. The number of nitrogen functional groups attached to an aromatic ring is 1. The van der Waals surface area contributed by atoms with Crippen molar-refractivity contribution in [1.82, 2.24) is 5.43 Å². The fourth-order valence-corrected chi connectivity index (χ4v) is 2.13. The quantitative estimate of drug-likeness (QED) is 0.454. The lowest BCUT2D eigenvalue weighted by Gasteiger charge is -2.24. The van der Waals surface area contributed by atoms with Gasteiger partial charge in [0.2, 0.25) is 0 Å². The Morgan fingerprint density at radius 3 is 2.53 bits per heavy atom. The average Bonchev–Trinajstić information content (AvgIpc) is 2.22. The van der Waals surface area contributed by atoms with Crippen molar-refractivity contribution in [2.24, 2.45) is 11.3 Å². The molecule has 0 saturated heterocycles. The summed E-state index contributed by atoms with van der Waals surface area (Å²) in [5, 5.41) is 0. The Morgan fingerprint density at radius 1 is 1.35 bits per heavy atom. The van der Waals surface area contributed by atoms with Crippen molar-refractivity contribution >= 4 is 21.6 Å². The zero-order valence-corrected chi connectivity index (χ0v) is 12.3. The van der Waals surface area contributed by atoms with E-state index < -0.39 is 0 Å². The van der Waals surface area contributed by atoms with Crippen LogP contribution in [0.5, 0.6) is 0 Å². The topological polar surface area (TPSA) is 64.1 Å². The van der Waals surface area contributed by atoms with Crippen LogP contribution in [0.3, 0.4) is 0 Å². The van der Waals surface area contributed by atoms with Gasteiger partial charge in [-0.15, -0.1) is 0 Å². The van der Waals surface area contributed by atoms with Crippen molar-refractivity contribution in [2.75, 3.05) is 5.73 Å². The van der Waals surface area contributed by atoms with E-state index in [-0.39, 0.29) is 6.04 Å². The Bertz CT molecular complexity index is 371. The molecule has 1 rings (SSSR count). The van der Waals surface area contributed by atoms with Gasteiger partial charge in [0.15, 0.2) is 0 Å². The molecule has 17 heavy (non-hydrogen) atoms. The molecule has 0 saturated carbocycles. The Balaban J connectivity index is 2.82. The lowest BCUT2D eigenvalue weighted by Crippen LogP contribution is -2.29. The predicted octanol–water partition coefficient (Wildman–Crippen LogP) is 3.36. The van der Waals surface area contributed by atoms with Crippen molar-refractivity contribution in [3.05, 3.63) is 28.2 Å². The first-order chi connectivity index (χ1) is 7.83. The van der Waals surface area contributed by atoms with Gasteiger partial charge in [0, 0.05) is 16.2 Å². The highest BCUT2D eigenvalue weighted by molar-refractivity contribution is 9.10. The molecule has 0 amide bonds. The van der Waals surface area contributed by atoms with E-state index in [0.29, 0.717) is 5.41 Å². The van der Waals surface area contributed by atoms with Gasteiger partial charge in [-0.05, 0) is 42.0 Å². The van der Waals surface area contributed by atoms with Gasteiger partial charge < -0.3 is 5.73 Å². The van der Waals surface area contributed by atoms with Gasteiger partial charge in [0.05, 0.1) is 0 Å². The average molecular weight is 300 g/mol. The molecule has 0 spiro atoms. The number of benzene rings is 1. The Hall–Kier alpha value is -0.580. The predicted molar refractivity (Wildman–Crippen MR) is 77.3 cm³/mol. The van der Waals surface area contributed by atoms with Crippen molar-refractivity contribution < 1.29 is 0 Å². The maximum absolute atomic E-state index is 5.99. The van der Waals surface area contributed by atoms with Gasteiger partial charge in [-0.3, -0.25) is 11.3 Å². The number of hydrogen-bond donors (Lipinski definition) is 3. The largest absolute Gasteiger partial charge is 0.398 e. The first kappa shape index (κ1) is 14.5. The van der Waals surface area contributed by atoms with Crippen LogP contribution in [-0.2, 0) is 0 Å². The second-order valence-corrected chi connectivity index (χ2v) is 6.51. The minimum Gasteiger partial charge on any atom is -0.398 e. The minimum atomic E-state index is 0.103. The van der Waals surface area contributed by atoms with Crippen molar-refractivity contribution in [1.29, 1.82) is 0 Å². The standard InChI is InChI=1S/C13H22BrN3/c1-13(2,3)7-6-12(17-16)10-8-9(14)4-5-11(10)15/h4-5,8,12,17H,6-7,15-16H2,1-3H3. The lowest BCUT2D eigenvalue weighted by molar-refractivity contribution is 0.333. The molecule has 1 aromatic rings. The molecule has 4 heteroatoms. The third-order valence-electron chi connectivity index (χ3n) is 2.81. The summed E-state index contributed by atoms with van der Waals surface area (Å²) in [5.74, 6) is 5.63. The van der Waals surface area contributed by atoms with E-state index in [9.17, 15) is 0 Å². The van der Waals surface area contributed by atoms with E-state index in [0.717, 1.165) is 28.6 Å². The maximum Gasteiger partial charge on any atom is 0.0480 e. The second kappa shape index (κ2) is 5.85. The summed E-state index contributed by atoms with van der Waals surface area (Å²) in [6, 6.07) is 5.98. The number of anilines is 1. The van der Waals surface area contributed by atoms with E-state index in [4.69, 9.17) is 11.6 Å². The zero-order valence-electron chi connectivity index (χ0n) is 10.8. The van der Waals surface area contributed by atoms with Crippen molar-refractivity contribution in [2.45, 2.75) is 39.7 Å². The monoisotopic (exact) mass is 299 g/mol.